The molecule has 67 heavy (non-hydrogen) atoms. The van der Waals surface area contributed by atoms with Gasteiger partial charge in [0, 0.05) is 44.3 Å². The van der Waals surface area contributed by atoms with Gasteiger partial charge >= 0.3 is 0 Å². The summed E-state index contributed by atoms with van der Waals surface area (Å²) in [6.07, 6.45) is 0. The molecule has 13 aromatic rings. The molecule has 0 aliphatic rings. The second-order valence-electron chi connectivity index (χ2n) is 17.3. The molecular formula is C64H42N2O. The quantitative estimate of drug-likeness (QED) is 0.152. The van der Waals surface area contributed by atoms with Crippen molar-refractivity contribution in [3.8, 4) is 50.2 Å². The maximum atomic E-state index is 6.26. The van der Waals surface area contributed by atoms with Gasteiger partial charge in [0.1, 0.15) is 11.2 Å². The third-order valence-corrected chi connectivity index (χ3v) is 13.4. The molecule has 0 amide bonds. The van der Waals surface area contributed by atoms with Crippen LogP contribution >= 0.6 is 0 Å². The summed E-state index contributed by atoms with van der Waals surface area (Å²) in [6.45, 7) is 0. The van der Waals surface area contributed by atoms with Gasteiger partial charge in [-0.15, -0.1) is 0 Å². The molecule has 2 heterocycles. The first kappa shape index (κ1) is 38.5. The molecule has 0 saturated carbocycles. The van der Waals surface area contributed by atoms with E-state index in [4.69, 9.17) is 4.42 Å². The van der Waals surface area contributed by atoms with Gasteiger partial charge in [-0.05, 0) is 140 Å². The fourth-order valence-corrected chi connectivity index (χ4v) is 10.0. The molecule has 0 bridgehead atoms. The molecule has 0 saturated heterocycles. The molecule has 3 nitrogen and oxygen atoms in total. The molecule has 0 aliphatic carbocycles. The van der Waals surface area contributed by atoms with E-state index in [9.17, 15) is 0 Å². The Morgan fingerprint density at radius 3 is 1.43 bits per heavy atom. The Labute approximate surface area is 388 Å². The van der Waals surface area contributed by atoms with Crippen LogP contribution < -0.4 is 4.90 Å². The minimum absolute atomic E-state index is 0.898. The molecule has 0 spiro atoms. The summed E-state index contributed by atoms with van der Waals surface area (Å²) in [5.41, 5.74) is 17.9. The first-order chi connectivity index (χ1) is 33.2. The van der Waals surface area contributed by atoms with Crippen LogP contribution in [0, 0.1) is 0 Å². The van der Waals surface area contributed by atoms with E-state index < -0.39 is 0 Å². The summed E-state index contributed by atoms with van der Waals surface area (Å²) in [7, 11) is 0. The molecule has 0 radical (unpaired) electrons. The minimum atomic E-state index is 0.898. The van der Waals surface area contributed by atoms with Crippen LogP contribution in [0.25, 0.3) is 105 Å². The molecule has 0 unspecified atom stereocenters. The Bertz CT molecular complexity index is 3920. The highest BCUT2D eigenvalue weighted by atomic mass is 16.3. The lowest BCUT2D eigenvalue weighted by atomic mass is 9.99. The van der Waals surface area contributed by atoms with E-state index in [1.54, 1.807) is 0 Å². The minimum Gasteiger partial charge on any atom is -0.456 e. The van der Waals surface area contributed by atoms with Crippen molar-refractivity contribution in [3.63, 3.8) is 0 Å². The Morgan fingerprint density at radius 2 is 0.746 bits per heavy atom. The van der Waals surface area contributed by atoms with Crippen molar-refractivity contribution in [1.29, 1.82) is 0 Å². The zero-order chi connectivity index (χ0) is 44.3. The predicted molar refractivity (Wildman–Crippen MR) is 282 cm³/mol. The summed E-state index contributed by atoms with van der Waals surface area (Å²) in [5, 5.41) is 7.28. The average Bonchev–Trinajstić information content (AvgIpc) is 3.95. The Morgan fingerprint density at radius 1 is 0.269 bits per heavy atom. The zero-order valence-corrected chi connectivity index (χ0v) is 36.6. The highest BCUT2D eigenvalue weighted by Crippen LogP contribution is 2.40. The van der Waals surface area contributed by atoms with Crippen LogP contribution in [0.2, 0.25) is 0 Å². The van der Waals surface area contributed by atoms with E-state index in [1.165, 1.54) is 60.4 Å². The molecule has 0 N–H and O–H groups in total. The van der Waals surface area contributed by atoms with Gasteiger partial charge in [-0.2, -0.15) is 0 Å². The summed E-state index contributed by atoms with van der Waals surface area (Å²) in [5.74, 6) is 0. The molecule has 0 atom stereocenters. The smallest absolute Gasteiger partial charge is 0.136 e. The molecular weight excluding hydrogens is 813 g/mol. The number of nitrogens with zero attached hydrogens (tertiary/aromatic N) is 2. The second kappa shape index (κ2) is 16.0. The Balaban J connectivity index is 0.832. The highest BCUT2D eigenvalue weighted by molar-refractivity contribution is 6.09. The number of hydrogen-bond acceptors (Lipinski definition) is 2. The monoisotopic (exact) mass is 854 g/mol. The largest absolute Gasteiger partial charge is 0.456 e. The van der Waals surface area contributed by atoms with Crippen LogP contribution in [-0.2, 0) is 0 Å². The maximum absolute atomic E-state index is 6.26. The molecule has 314 valence electrons. The van der Waals surface area contributed by atoms with Crippen LogP contribution in [0.3, 0.4) is 0 Å². The van der Waals surface area contributed by atoms with Gasteiger partial charge in [-0.1, -0.05) is 170 Å². The maximum Gasteiger partial charge on any atom is 0.136 e. The fraction of sp³-hybridized carbons (Fsp3) is 0. The van der Waals surface area contributed by atoms with E-state index in [0.29, 0.717) is 0 Å². The molecule has 3 heteroatoms. The van der Waals surface area contributed by atoms with Gasteiger partial charge < -0.3 is 13.9 Å². The van der Waals surface area contributed by atoms with Crippen LogP contribution in [-0.4, -0.2) is 4.57 Å². The van der Waals surface area contributed by atoms with Gasteiger partial charge in [0.05, 0.1) is 11.0 Å². The standard InChI is InChI=1S/C64H42N2O/c1-2-12-48-39-51(28-27-43(48)11-1)50-14-10-15-55(41-50)65(54-36-31-47(32-37-54)52-33-38-60-59-19-5-8-22-63(59)67-64(60)42-52)53-34-29-45(30-35-53)44-23-25-46(26-24-44)49-13-9-16-56(40-49)66-61-20-6-3-17-57(61)58-18-4-7-21-62(58)66/h1-42H. The number of anilines is 3. The van der Waals surface area contributed by atoms with E-state index in [0.717, 1.165) is 61.4 Å². The number of para-hydroxylation sites is 3. The van der Waals surface area contributed by atoms with Crippen LogP contribution in [0.15, 0.2) is 259 Å². The average molecular weight is 855 g/mol. The third kappa shape index (κ3) is 6.84. The van der Waals surface area contributed by atoms with Crippen molar-refractivity contribution < 1.29 is 4.42 Å². The molecule has 0 fully saturated rings. The van der Waals surface area contributed by atoms with Crippen LogP contribution in [0.4, 0.5) is 17.1 Å². The first-order valence-corrected chi connectivity index (χ1v) is 22.9. The first-order valence-electron chi connectivity index (χ1n) is 22.9. The van der Waals surface area contributed by atoms with Gasteiger partial charge in [0.25, 0.3) is 0 Å². The summed E-state index contributed by atoms with van der Waals surface area (Å²) in [6, 6.07) is 92.0. The zero-order valence-electron chi connectivity index (χ0n) is 36.6. The van der Waals surface area contributed by atoms with Gasteiger partial charge in [-0.25, -0.2) is 0 Å². The van der Waals surface area contributed by atoms with E-state index in [1.807, 2.05) is 12.1 Å². The second-order valence-corrected chi connectivity index (χ2v) is 17.3. The van der Waals surface area contributed by atoms with Gasteiger partial charge in [-0.3, -0.25) is 0 Å². The normalized spacial score (nSPS) is 11.6. The SMILES string of the molecule is c1cc(-c2ccc3ccccc3c2)cc(N(c2ccc(-c3ccc(-c4cccc(-n5c6ccccc6c6ccccc65)c4)cc3)cc2)c2ccc(-c3ccc4c(c3)oc3ccccc34)cc2)c1. The number of fused-ring (bicyclic) bond motifs is 7. The molecule has 11 aromatic carbocycles. The number of aromatic nitrogens is 1. The number of furan rings is 1. The number of hydrogen-bond donors (Lipinski definition) is 0. The van der Waals surface area contributed by atoms with Crippen molar-refractivity contribution in [2.75, 3.05) is 4.90 Å². The summed E-state index contributed by atoms with van der Waals surface area (Å²) >= 11 is 0. The number of benzene rings is 11. The molecule has 2 aromatic heterocycles. The van der Waals surface area contributed by atoms with Gasteiger partial charge in [0.15, 0.2) is 0 Å². The van der Waals surface area contributed by atoms with Crippen molar-refractivity contribution in [2.45, 2.75) is 0 Å². The van der Waals surface area contributed by atoms with E-state index >= 15 is 0 Å². The Kier molecular flexibility index (Phi) is 9.17. The summed E-state index contributed by atoms with van der Waals surface area (Å²) < 4.78 is 8.64. The predicted octanol–water partition coefficient (Wildman–Crippen LogP) is 18.0. The highest BCUT2D eigenvalue weighted by Gasteiger charge is 2.17. The van der Waals surface area contributed by atoms with Gasteiger partial charge in [0.2, 0.25) is 0 Å². The Hall–Kier alpha value is -8.92. The lowest BCUT2D eigenvalue weighted by Gasteiger charge is -2.26. The van der Waals surface area contributed by atoms with Crippen molar-refractivity contribution in [1.82, 2.24) is 4.57 Å². The molecule has 0 aliphatic heterocycles. The van der Waals surface area contributed by atoms with Crippen molar-refractivity contribution >= 4 is 71.6 Å². The van der Waals surface area contributed by atoms with Crippen molar-refractivity contribution in [3.05, 3.63) is 255 Å². The van der Waals surface area contributed by atoms with E-state index in [2.05, 4.69) is 252 Å². The van der Waals surface area contributed by atoms with Crippen LogP contribution in [0.5, 0.6) is 0 Å². The fourth-order valence-electron chi connectivity index (χ4n) is 10.0. The topological polar surface area (TPSA) is 21.3 Å². The van der Waals surface area contributed by atoms with Crippen LogP contribution in [0.1, 0.15) is 0 Å². The summed E-state index contributed by atoms with van der Waals surface area (Å²) in [4.78, 5) is 2.35. The third-order valence-electron chi connectivity index (χ3n) is 13.4. The molecule has 13 rings (SSSR count). The van der Waals surface area contributed by atoms with E-state index in [-0.39, 0.29) is 0 Å². The lowest BCUT2D eigenvalue weighted by Crippen LogP contribution is -2.10. The lowest BCUT2D eigenvalue weighted by molar-refractivity contribution is 0.669. The number of rotatable bonds is 8. The van der Waals surface area contributed by atoms with Crippen molar-refractivity contribution in [2.24, 2.45) is 0 Å².